The largest absolute Gasteiger partial charge is 0.496 e. The maximum Gasteiger partial charge on any atom is 0.290 e. The number of nitrogens with two attached hydrogens (primary N) is 1. The molecule has 0 aliphatic heterocycles. The molecule has 2 heterocycles. The molecule has 1 unspecified atom stereocenters. The van der Waals surface area contributed by atoms with Crippen molar-refractivity contribution in [2.75, 3.05) is 12.8 Å². The predicted molar refractivity (Wildman–Crippen MR) is 127 cm³/mol. The molecule has 1 atom stereocenters. The van der Waals surface area contributed by atoms with E-state index in [0.29, 0.717) is 22.3 Å². The highest BCUT2D eigenvalue weighted by atomic mass is 19.1. The summed E-state index contributed by atoms with van der Waals surface area (Å²) in [6, 6.07) is 11.1. The highest BCUT2D eigenvalue weighted by molar-refractivity contribution is 5.99. The molecular formula is C24H25FN6O3. The number of amides is 1. The number of fused-ring (bicyclic) bond motifs is 1. The second-order valence-corrected chi connectivity index (χ2v) is 7.94. The van der Waals surface area contributed by atoms with Crippen molar-refractivity contribution in [3.8, 4) is 17.0 Å². The number of nitrogens with zero attached hydrogens (tertiary/aromatic N) is 3. The number of carbonyl (C=O) groups is 1. The molecule has 0 aliphatic rings. The molecule has 4 rings (SSSR count). The first-order chi connectivity index (χ1) is 16.3. The summed E-state index contributed by atoms with van der Waals surface area (Å²) in [5.74, 6) is -0.484. The van der Waals surface area contributed by atoms with Crippen LogP contribution in [0.25, 0.3) is 22.2 Å². The Morgan fingerprint density at radius 2 is 2.00 bits per heavy atom. The Morgan fingerprint density at radius 3 is 2.68 bits per heavy atom. The number of aromatic amines is 1. The van der Waals surface area contributed by atoms with E-state index < -0.39 is 11.7 Å². The summed E-state index contributed by atoms with van der Waals surface area (Å²) >= 11 is 0. The van der Waals surface area contributed by atoms with Gasteiger partial charge in [-0.15, -0.1) is 0 Å². The van der Waals surface area contributed by atoms with Crippen LogP contribution in [0.1, 0.15) is 42.2 Å². The van der Waals surface area contributed by atoms with E-state index in [1.165, 1.54) is 19.2 Å². The number of rotatable bonds is 7. The lowest BCUT2D eigenvalue weighted by atomic mass is 10.1. The zero-order valence-electron chi connectivity index (χ0n) is 19.1. The van der Waals surface area contributed by atoms with Crippen LogP contribution in [0.15, 0.2) is 47.3 Å². The standard InChI is InChI=1S/C24H25FN6O3/c1-4-13(2)31-21-19(22(26)28-29-24(21)33)20(30-31)15-7-5-14(6-8-15)12-27-23(32)17-11-16(25)9-10-18(17)34-3/h5-11,13H,4,12H2,1-3H3,(H2,26,28)(H,27,32)(H,29,33). The van der Waals surface area contributed by atoms with Crippen molar-refractivity contribution in [2.24, 2.45) is 0 Å². The van der Waals surface area contributed by atoms with Crippen LogP contribution in [0.2, 0.25) is 0 Å². The van der Waals surface area contributed by atoms with Gasteiger partial charge in [0.25, 0.3) is 11.5 Å². The van der Waals surface area contributed by atoms with Gasteiger partial charge in [-0.1, -0.05) is 31.2 Å². The molecule has 4 N–H and O–H groups in total. The van der Waals surface area contributed by atoms with E-state index in [1.54, 1.807) is 4.68 Å². The number of ether oxygens (including phenoxy) is 1. The number of methoxy groups -OCH3 is 1. The minimum absolute atomic E-state index is 0.00606. The van der Waals surface area contributed by atoms with Crippen LogP contribution in [0.5, 0.6) is 5.75 Å². The zero-order chi connectivity index (χ0) is 24.4. The highest BCUT2D eigenvalue weighted by Gasteiger charge is 2.21. The number of benzene rings is 2. The van der Waals surface area contributed by atoms with Crippen LogP contribution < -0.4 is 21.3 Å². The van der Waals surface area contributed by atoms with Crippen molar-refractivity contribution in [3.05, 3.63) is 69.8 Å². The van der Waals surface area contributed by atoms with Gasteiger partial charge in [-0.3, -0.25) is 14.3 Å². The number of nitrogen functional groups attached to an aromatic ring is 1. The quantitative estimate of drug-likeness (QED) is 0.385. The normalized spacial score (nSPS) is 12.0. The summed E-state index contributed by atoms with van der Waals surface area (Å²) in [6.45, 7) is 4.22. The minimum atomic E-state index is -0.521. The van der Waals surface area contributed by atoms with Gasteiger partial charge in [-0.05, 0) is 37.1 Å². The van der Waals surface area contributed by atoms with E-state index >= 15 is 0 Å². The molecule has 0 bridgehead atoms. The fourth-order valence-corrected chi connectivity index (χ4v) is 3.72. The van der Waals surface area contributed by atoms with Crippen molar-refractivity contribution in [1.82, 2.24) is 25.3 Å². The minimum Gasteiger partial charge on any atom is -0.496 e. The Morgan fingerprint density at radius 1 is 1.26 bits per heavy atom. The first-order valence-corrected chi connectivity index (χ1v) is 10.8. The lowest BCUT2D eigenvalue weighted by molar-refractivity contribution is 0.0947. The fraction of sp³-hybridized carbons (Fsp3) is 0.250. The molecule has 4 aromatic rings. The molecule has 2 aromatic heterocycles. The number of H-pyrrole nitrogens is 1. The lowest BCUT2D eigenvalue weighted by Gasteiger charge is -2.10. The van der Waals surface area contributed by atoms with Gasteiger partial charge in [0.1, 0.15) is 22.8 Å². The summed E-state index contributed by atoms with van der Waals surface area (Å²) in [5.41, 5.74) is 8.39. The predicted octanol–water partition coefficient (Wildman–Crippen LogP) is 3.42. The fourth-order valence-electron chi connectivity index (χ4n) is 3.72. The first-order valence-electron chi connectivity index (χ1n) is 10.8. The molecule has 0 radical (unpaired) electrons. The van der Waals surface area contributed by atoms with Crippen molar-refractivity contribution in [2.45, 2.75) is 32.9 Å². The van der Waals surface area contributed by atoms with Gasteiger partial charge in [0, 0.05) is 18.2 Å². The molecular weight excluding hydrogens is 439 g/mol. The average Bonchev–Trinajstić information content (AvgIpc) is 3.26. The second-order valence-electron chi connectivity index (χ2n) is 7.94. The number of hydrogen-bond acceptors (Lipinski definition) is 6. The number of carbonyl (C=O) groups excluding carboxylic acids is 1. The van der Waals surface area contributed by atoms with E-state index in [4.69, 9.17) is 10.5 Å². The van der Waals surface area contributed by atoms with Gasteiger partial charge in [0.2, 0.25) is 0 Å². The third kappa shape index (κ3) is 4.21. The van der Waals surface area contributed by atoms with Crippen molar-refractivity contribution in [3.63, 3.8) is 0 Å². The van der Waals surface area contributed by atoms with Gasteiger partial charge in [0.05, 0.1) is 18.1 Å². The first kappa shape index (κ1) is 23.0. The maximum absolute atomic E-state index is 13.6. The van der Waals surface area contributed by atoms with Crippen molar-refractivity contribution >= 4 is 22.6 Å². The van der Waals surface area contributed by atoms with Gasteiger partial charge in [0.15, 0.2) is 5.82 Å². The van der Waals surface area contributed by atoms with Gasteiger partial charge >= 0.3 is 0 Å². The van der Waals surface area contributed by atoms with E-state index in [9.17, 15) is 14.0 Å². The SMILES string of the molecule is CCC(C)n1nc(-c2ccc(CNC(=O)c3cc(F)ccc3OC)cc2)c2c(N)n[nH]c(=O)c21. The topological polar surface area (TPSA) is 128 Å². The summed E-state index contributed by atoms with van der Waals surface area (Å²) in [4.78, 5) is 25.0. The monoisotopic (exact) mass is 464 g/mol. The number of halogens is 1. The van der Waals surface area contributed by atoms with Gasteiger partial charge in [-0.2, -0.15) is 10.2 Å². The highest BCUT2D eigenvalue weighted by Crippen LogP contribution is 2.31. The Labute approximate surface area is 194 Å². The molecule has 10 heteroatoms. The smallest absolute Gasteiger partial charge is 0.290 e. The van der Waals surface area contributed by atoms with Crippen LogP contribution in [-0.4, -0.2) is 33.0 Å². The average molecular weight is 465 g/mol. The Hall–Kier alpha value is -4.21. The molecule has 0 saturated carbocycles. The summed E-state index contributed by atoms with van der Waals surface area (Å²) in [6.07, 6.45) is 0.784. The Balaban J connectivity index is 1.60. The van der Waals surface area contributed by atoms with Gasteiger partial charge in [-0.25, -0.2) is 9.49 Å². The summed E-state index contributed by atoms with van der Waals surface area (Å²) in [7, 11) is 1.42. The van der Waals surface area contributed by atoms with Crippen LogP contribution in [0.4, 0.5) is 10.2 Å². The van der Waals surface area contributed by atoms with E-state index in [-0.39, 0.29) is 29.5 Å². The third-order valence-electron chi connectivity index (χ3n) is 5.75. The number of nitrogens with one attached hydrogen (secondary N) is 2. The Kier molecular flexibility index (Phi) is 6.31. The van der Waals surface area contributed by atoms with Crippen LogP contribution >= 0.6 is 0 Å². The molecule has 0 fully saturated rings. The number of aromatic nitrogens is 4. The number of anilines is 1. The van der Waals surface area contributed by atoms with Gasteiger partial charge < -0.3 is 15.8 Å². The molecule has 34 heavy (non-hydrogen) atoms. The van der Waals surface area contributed by atoms with Crippen LogP contribution in [0, 0.1) is 5.82 Å². The molecule has 0 aliphatic carbocycles. The van der Waals surface area contributed by atoms with E-state index in [2.05, 4.69) is 20.6 Å². The molecule has 1 amide bonds. The van der Waals surface area contributed by atoms with Crippen molar-refractivity contribution in [1.29, 1.82) is 0 Å². The molecule has 0 spiro atoms. The van der Waals surface area contributed by atoms with E-state index in [1.807, 2.05) is 38.1 Å². The lowest BCUT2D eigenvalue weighted by Crippen LogP contribution is -2.23. The summed E-state index contributed by atoms with van der Waals surface area (Å²) < 4.78 is 20.4. The third-order valence-corrected chi connectivity index (χ3v) is 5.75. The molecule has 9 nitrogen and oxygen atoms in total. The van der Waals surface area contributed by atoms with E-state index in [0.717, 1.165) is 23.6 Å². The van der Waals surface area contributed by atoms with Crippen molar-refractivity contribution < 1.29 is 13.9 Å². The maximum atomic E-state index is 13.6. The molecule has 176 valence electrons. The molecule has 2 aromatic carbocycles. The second kappa shape index (κ2) is 9.34. The zero-order valence-corrected chi connectivity index (χ0v) is 19.1. The Bertz CT molecular complexity index is 1410. The summed E-state index contributed by atoms with van der Waals surface area (Å²) in [5, 5.41) is 14.3. The molecule has 0 saturated heterocycles. The van der Waals surface area contributed by atoms with Crippen LogP contribution in [-0.2, 0) is 6.54 Å². The number of hydrogen-bond donors (Lipinski definition) is 3. The van der Waals surface area contributed by atoms with Crippen LogP contribution in [0.3, 0.4) is 0 Å².